The van der Waals surface area contributed by atoms with E-state index in [9.17, 15) is 4.79 Å². The SMILES string of the molecule is COc1c(C)ccc2cc(C(=O)O)sc12. The molecule has 1 aromatic heterocycles. The van der Waals surface area contributed by atoms with E-state index < -0.39 is 5.97 Å². The van der Waals surface area contributed by atoms with Crippen molar-refractivity contribution in [2.24, 2.45) is 0 Å². The Morgan fingerprint density at radius 2 is 2.20 bits per heavy atom. The Balaban J connectivity index is 2.75. The number of hydrogen-bond donors (Lipinski definition) is 1. The second-order valence-corrected chi connectivity index (χ2v) is 4.30. The lowest BCUT2D eigenvalue weighted by Gasteiger charge is -2.04. The molecular formula is C11H10O3S. The first-order chi connectivity index (χ1) is 7.13. The van der Waals surface area contributed by atoms with E-state index in [1.165, 1.54) is 11.3 Å². The van der Waals surface area contributed by atoms with Crippen LogP contribution in [0.25, 0.3) is 10.1 Å². The van der Waals surface area contributed by atoms with Gasteiger partial charge in [-0.1, -0.05) is 12.1 Å². The Hall–Kier alpha value is -1.55. The molecule has 0 saturated heterocycles. The first kappa shape index (κ1) is 9.98. The summed E-state index contributed by atoms with van der Waals surface area (Å²) in [6.07, 6.45) is 0. The van der Waals surface area contributed by atoms with Gasteiger partial charge in [-0.3, -0.25) is 0 Å². The number of fused-ring (bicyclic) bond motifs is 1. The van der Waals surface area contributed by atoms with Crippen molar-refractivity contribution < 1.29 is 14.6 Å². The zero-order valence-electron chi connectivity index (χ0n) is 8.40. The van der Waals surface area contributed by atoms with Crippen LogP contribution in [0.3, 0.4) is 0 Å². The monoisotopic (exact) mass is 222 g/mol. The molecule has 1 N–H and O–H groups in total. The molecule has 0 radical (unpaired) electrons. The third-order valence-electron chi connectivity index (χ3n) is 2.25. The largest absolute Gasteiger partial charge is 0.495 e. The summed E-state index contributed by atoms with van der Waals surface area (Å²) in [5.41, 5.74) is 1.02. The number of ether oxygens (including phenoxy) is 1. The standard InChI is InChI=1S/C11H10O3S/c1-6-3-4-7-5-8(11(12)13)15-10(7)9(6)14-2/h3-5H,1-2H3,(H,12,13). The maximum Gasteiger partial charge on any atom is 0.345 e. The third kappa shape index (κ3) is 1.57. The first-order valence-electron chi connectivity index (χ1n) is 4.44. The second-order valence-electron chi connectivity index (χ2n) is 3.25. The fraction of sp³-hybridized carbons (Fsp3) is 0.182. The van der Waals surface area contributed by atoms with Crippen molar-refractivity contribution in [1.29, 1.82) is 0 Å². The van der Waals surface area contributed by atoms with Crippen LogP contribution in [0.5, 0.6) is 5.75 Å². The summed E-state index contributed by atoms with van der Waals surface area (Å²) in [5.74, 6) is -0.124. The fourth-order valence-corrected chi connectivity index (χ4v) is 2.61. The van der Waals surface area contributed by atoms with Gasteiger partial charge in [-0.05, 0) is 23.9 Å². The third-order valence-corrected chi connectivity index (χ3v) is 3.39. The van der Waals surface area contributed by atoms with Gasteiger partial charge in [0.05, 0.1) is 11.8 Å². The van der Waals surface area contributed by atoms with Gasteiger partial charge in [-0.15, -0.1) is 11.3 Å². The fourth-order valence-electron chi connectivity index (χ4n) is 1.53. The number of aromatic carboxylic acids is 1. The molecule has 2 aromatic rings. The number of benzene rings is 1. The van der Waals surface area contributed by atoms with Crippen molar-refractivity contribution in [2.45, 2.75) is 6.92 Å². The maximum absolute atomic E-state index is 10.8. The molecule has 0 amide bonds. The molecule has 3 nitrogen and oxygen atoms in total. The Kier molecular flexibility index (Phi) is 2.36. The highest BCUT2D eigenvalue weighted by Gasteiger charge is 2.12. The lowest BCUT2D eigenvalue weighted by Crippen LogP contribution is -1.89. The zero-order valence-corrected chi connectivity index (χ0v) is 9.22. The average molecular weight is 222 g/mol. The molecule has 15 heavy (non-hydrogen) atoms. The predicted molar refractivity (Wildman–Crippen MR) is 60.1 cm³/mol. The smallest absolute Gasteiger partial charge is 0.345 e. The highest BCUT2D eigenvalue weighted by Crippen LogP contribution is 2.35. The van der Waals surface area contributed by atoms with Gasteiger partial charge in [0.1, 0.15) is 10.6 Å². The van der Waals surface area contributed by atoms with Crippen molar-refractivity contribution in [3.8, 4) is 5.75 Å². The summed E-state index contributed by atoms with van der Waals surface area (Å²) >= 11 is 1.25. The minimum absolute atomic E-state index is 0.342. The molecule has 0 aliphatic carbocycles. The van der Waals surface area contributed by atoms with Gasteiger partial charge in [0, 0.05) is 0 Å². The molecule has 0 fully saturated rings. The second kappa shape index (κ2) is 3.55. The lowest BCUT2D eigenvalue weighted by atomic mass is 10.1. The van der Waals surface area contributed by atoms with Crippen LogP contribution < -0.4 is 4.74 Å². The van der Waals surface area contributed by atoms with E-state index in [1.807, 2.05) is 19.1 Å². The Morgan fingerprint density at radius 1 is 1.47 bits per heavy atom. The number of thiophene rings is 1. The molecule has 4 heteroatoms. The van der Waals surface area contributed by atoms with Crippen LogP contribution in [0, 0.1) is 6.92 Å². The summed E-state index contributed by atoms with van der Waals surface area (Å²) < 4.78 is 6.17. The normalized spacial score (nSPS) is 10.5. The Bertz CT molecular complexity index is 528. The number of carboxylic acids is 1. The van der Waals surface area contributed by atoms with Crippen LogP contribution in [-0.2, 0) is 0 Å². The number of carbonyl (C=O) groups is 1. The molecule has 0 unspecified atom stereocenters. The Morgan fingerprint density at radius 3 is 2.80 bits per heavy atom. The van der Waals surface area contributed by atoms with Crippen LogP contribution in [0.1, 0.15) is 15.2 Å². The van der Waals surface area contributed by atoms with E-state index in [-0.39, 0.29) is 0 Å². The summed E-state index contributed by atoms with van der Waals surface area (Å²) in [4.78, 5) is 11.2. The molecule has 0 atom stereocenters. The maximum atomic E-state index is 10.8. The van der Waals surface area contributed by atoms with Gasteiger partial charge < -0.3 is 9.84 Å². The van der Waals surface area contributed by atoms with Crippen LogP contribution in [0.4, 0.5) is 0 Å². The van der Waals surface area contributed by atoms with E-state index in [0.29, 0.717) is 4.88 Å². The summed E-state index contributed by atoms with van der Waals surface area (Å²) in [6, 6.07) is 5.51. The van der Waals surface area contributed by atoms with Gasteiger partial charge in [-0.2, -0.15) is 0 Å². The topological polar surface area (TPSA) is 46.5 Å². The van der Waals surface area contributed by atoms with Gasteiger partial charge in [-0.25, -0.2) is 4.79 Å². The number of hydrogen-bond acceptors (Lipinski definition) is 3. The van der Waals surface area contributed by atoms with E-state index in [0.717, 1.165) is 21.4 Å². The molecule has 78 valence electrons. The minimum atomic E-state index is -0.893. The van der Waals surface area contributed by atoms with Gasteiger partial charge in [0.25, 0.3) is 0 Å². The van der Waals surface area contributed by atoms with Gasteiger partial charge in [0.15, 0.2) is 0 Å². The van der Waals surface area contributed by atoms with Crippen molar-refractivity contribution in [2.75, 3.05) is 7.11 Å². The minimum Gasteiger partial charge on any atom is -0.495 e. The molecule has 0 aliphatic rings. The molecule has 1 heterocycles. The lowest BCUT2D eigenvalue weighted by molar-refractivity contribution is 0.0702. The van der Waals surface area contributed by atoms with Crippen LogP contribution >= 0.6 is 11.3 Å². The summed E-state index contributed by atoms with van der Waals surface area (Å²) in [5, 5.41) is 9.80. The number of methoxy groups -OCH3 is 1. The molecule has 0 bridgehead atoms. The van der Waals surface area contributed by atoms with E-state index >= 15 is 0 Å². The molecule has 0 aliphatic heterocycles. The summed E-state index contributed by atoms with van der Waals surface area (Å²) in [7, 11) is 1.60. The highest BCUT2D eigenvalue weighted by molar-refractivity contribution is 7.21. The van der Waals surface area contributed by atoms with E-state index in [4.69, 9.17) is 9.84 Å². The first-order valence-corrected chi connectivity index (χ1v) is 5.25. The van der Waals surface area contributed by atoms with Crippen LogP contribution in [-0.4, -0.2) is 18.2 Å². The summed E-state index contributed by atoms with van der Waals surface area (Å²) in [6.45, 7) is 1.94. The van der Waals surface area contributed by atoms with Crippen molar-refractivity contribution >= 4 is 27.4 Å². The molecule has 1 aromatic carbocycles. The number of carboxylic acid groups (broad SMARTS) is 1. The predicted octanol–water partition coefficient (Wildman–Crippen LogP) is 2.92. The number of aryl methyl sites for hydroxylation is 1. The van der Waals surface area contributed by atoms with Crippen molar-refractivity contribution in [3.05, 3.63) is 28.6 Å². The molecule has 0 spiro atoms. The zero-order chi connectivity index (χ0) is 11.0. The quantitative estimate of drug-likeness (QED) is 0.849. The molecule has 2 rings (SSSR count). The van der Waals surface area contributed by atoms with Crippen molar-refractivity contribution in [1.82, 2.24) is 0 Å². The van der Waals surface area contributed by atoms with Crippen LogP contribution in [0.2, 0.25) is 0 Å². The van der Waals surface area contributed by atoms with E-state index in [1.54, 1.807) is 13.2 Å². The van der Waals surface area contributed by atoms with Crippen LogP contribution in [0.15, 0.2) is 18.2 Å². The number of rotatable bonds is 2. The average Bonchev–Trinajstić information content (AvgIpc) is 2.61. The van der Waals surface area contributed by atoms with E-state index in [2.05, 4.69) is 0 Å². The molecular weight excluding hydrogens is 212 g/mol. The molecule has 0 saturated carbocycles. The van der Waals surface area contributed by atoms with Gasteiger partial charge >= 0.3 is 5.97 Å². The van der Waals surface area contributed by atoms with Gasteiger partial charge in [0.2, 0.25) is 0 Å². The highest BCUT2D eigenvalue weighted by atomic mass is 32.1. The Labute approximate surface area is 90.9 Å². The van der Waals surface area contributed by atoms with Crippen molar-refractivity contribution in [3.63, 3.8) is 0 Å².